The van der Waals surface area contributed by atoms with Crippen LogP contribution in [-0.4, -0.2) is 41.9 Å². The minimum Gasteiger partial charge on any atom is -0.398 e. The molecule has 1 aromatic rings. The van der Waals surface area contributed by atoms with E-state index in [9.17, 15) is 8.42 Å². The highest BCUT2D eigenvalue weighted by Gasteiger charge is 2.14. The molecule has 120 valence electrons. The van der Waals surface area contributed by atoms with E-state index >= 15 is 0 Å². The fraction of sp³-hybridized carbons (Fsp3) is 0.538. The maximum Gasteiger partial charge on any atom is 0.240 e. The minimum atomic E-state index is -3.50. The topological polar surface area (TPSA) is 90.6 Å². The number of methoxy groups -OCH3 is 1. The maximum absolute atomic E-state index is 12.0. The summed E-state index contributed by atoms with van der Waals surface area (Å²) in [5.74, 6) is 0. The van der Waals surface area contributed by atoms with Crippen LogP contribution in [-0.2, 0) is 19.5 Å². The quantitative estimate of drug-likeness (QED) is 0.476. The van der Waals surface area contributed by atoms with Crippen molar-refractivity contribution in [2.24, 2.45) is 0 Å². The Balaban J connectivity index is 2.31. The number of rotatable bonds is 10. The van der Waals surface area contributed by atoms with Gasteiger partial charge in [0.25, 0.3) is 0 Å². The number of benzene rings is 1. The summed E-state index contributed by atoms with van der Waals surface area (Å²) < 4.78 is 37.4. The highest BCUT2D eigenvalue weighted by atomic mass is 79.9. The summed E-state index contributed by atoms with van der Waals surface area (Å²) in [7, 11) is -1.88. The van der Waals surface area contributed by atoms with Crippen molar-refractivity contribution >= 4 is 31.6 Å². The first kappa shape index (κ1) is 18.4. The Hall–Kier alpha value is -0.670. The van der Waals surface area contributed by atoms with Crippen molar-refractivity contribution in [3.8, 4) is 0 Å². The van der Waals surface area contributed by atoms with Gasteiger partial charge in [0.2, 0.25) is 10.0 Å². The smallest absolute Gasteiger partial charge is 0.240 e. The highest BCUT2D eigenvalue weighted by Crippen LogP contribution is 2.22. The average Bonchev–Trinajstić information content (AvgIpc) is 2.44. The van der Waals surface area contributed by atoms with Crippen LogP contribution in [0, 0.1) is 0 Å². The highest BCUT2D eigenvalue weighted by molar-refractivity contribution is 9.10. The summed E-state index contributed by atoms with van der Waals surface area (Å²) >= 11 is 3.22. The first-order valence-corrected chi connectivity index (χ1v) is 8.86. The number of hydrogen-bond acceptors (Lipinski definition) is 5. The van der Waals surface area contributed by atoms with Crippen LogP contribution in [0.5, 0.6) is 0 Å². The predicted octanol–water partition coefficient (Wildman–Crippen LogP) is 1.75. The molecule has 0 amide bonds. The first-order chi connectivity index (χ1) is 9.97. The average molecular weight is 381 g/mol. The fourth-order valence-corrected chi connectivity index (χ4v) is 3.17. The first-order valence-electron chi connectivity index (χ1n) is 6.59. The van der Waals surface area contributed by atoms with Crippen molar-refractivity contribution in [2.45, 2.75) is 17.7 Å². The summed E-state index contributed by atoms with van der Waals surface area (Å²) in [5, 5.41) is 0. The van der Waals surface area contributed by atoms with Crippen molar-refractivity contribution in [1.82, 2.24) is 4.72 Å². The molecule has 0 fully saturated rings. The second-order valence-corrected chi connectivity index (χ2v) is 7.01. The number of nitrogens with one attached hydrogen (secondary N) is 1. The molecule has 1 rings (SSSR count). The van der Waals surface area contributed by atoms with E-state index in [2.05, 4.69) is 20.7 Å². The molecule has 6 nitrogen and oxygen atoms in total. The number of anilines is 1. The van der Waals surface area contributed by atoms with Crippen LogP contribution in [0.25, 0.3) is 0 Å². The molecule has 0 radical (unpaired) electrons. The van der Waals surface area contributed by atoms with Gasteiger partial charge in [-0.1, -0.05) is 0 Å². The Labute approximate surface area is 134 Å². The normalized spacial score (nSPS) is 11.7. The monoisotopic (exact) mass is 380 g/mol. The third-order valence-corrected chi connectivity index (χ3v) is 4.87. The van der Waals surface area contributed by atoms with Gasteiger partial charge in [0.05, 0.1) is 18.1 Å². The number of hydrogen-bond donors (Lipinski definition) is 2. The molecule has 0 bridgehead atoms. The Morgan fingerprint density at radius 2 is 2.00 bits per heavy atom. The molecule has 8 heteroatoms. The van der Waals surface area contributed by atoms with E-state index in [-0.39, 0.29) is 4.90 Å². The zero-order chi connectivity index (χ0) is 15.7. The van der Waals surface area contributed by atoms with Crippen LogP contribution >= 0.6 is 15.9 Å². The summed E-state index contributed by atoms with van der Waals surface area (Å²) in [6, 6.07) is 4.53. The minimum absolute atomic E-state index is 0.194. The zero-order valence-corrected chi connectivity index (χ0v) is 14.4. The Bertz CT molecular complexity index is 537. The maximum atomic E-state index is 12.0. The summed E-state index contributed by atoms with van der Waals surface area (Å²) in [6.45, 7) is 2.09. The van der Waals surface area contributed by atoms with Gasteiger partial charge in [0.15, 0.2) is 0 Å². The molecule has 0 atom stereocenters. The number of unbranched alkanes of at least 4 members (excludes halogenated alkanes) is 1. The molecule has 0 spiro atoms. The molecule has 1 aromatic carbocycles. The van der Waals surface area contributed by atoms with E-state index in [1.54, 1.807) is 13.2 Å². The summed E-state index contributed by atoms with van der Waals surface area (Å²) in [5.41, 5.74) is 6.14. The zero-order valence-electron chi connectivity index (χ0n) is 12.0. The lowest BCUT2D eigenvalue weighted by Crippen LogP contribution is -2.25. The third kappa shape index (κ3) is 6.75. The van der Waals surface area contributed by atoms with Crippen molar-refractivity contribution < 1.29 is 17.9 Å². The van der Waals surface area contributed by atoms with E-state index in [0.29, 0.717) is 42.9 Å². The number of halogens is 1. The number of ether oxygens (including phenoxy) is 2. The molecule has 0 aliphatic carbocycles. The van der Waals surface area contributed by atoms with E-state index < -0.39 is 10.0 Å². The number of nitrogens with two attached hydrogens (primary N) is 1. The van der Waals surface area contributed by atoms with Crippen LogP contribution < -0.4 is 10.5 Å². The second-order valence-electron chi connectivity index (χ2n) is 4.39. The fourth-order valence-electron chi connectivity index (χ4n) is 1.54. The largest absolute Gasteiger partial charge is 0.398 e. The SMILES string of the molecule is COCCOCCCCNS(=O)(=O)c1ccc(N)c(Br)c1. The van der Waals surface area contributed by atoms with Crippen molar-refractivity contribution in [3.63, 3.8) is 0 Å². The lowest BCUT2D eigenvalue weighted by Gasteiger charge is -2.08. The second kappa shape index (κ2) is 9.37. The van der Waals surface area contributed by atoms with Gasteiger partial charge in [-0.2, -0.15) is 0 Å². The van der Waals surface area contributed by atoms with Crippen LogP contribution in [0.1, 0.15) is 12.8 Å². The van der Waals surface area contributed by atoms with Gasteiger partial charge in [-0.15, -0.1) is 0 Å². The van der Waals surface area contributed by atoms with Crippen LogP contribution in [0.2, 0.25) is 0 Å². The molecular weight excluding hydrogens is 360 g/mol. The molecule has 3 N–H and O–H groups in total. The molecule has 0 aromatic heterocycles. The van der Waals surface area contributed by atoms with Gasteiger partial charge in [0, 0.05) is 30.4 Å². The van der Waals surface area contributed by atoms with Crippen LogP contribution in [0.15, 0.2) is 27.6 Å². The Morgan fingerprint density at radius 3 is 2.67 bits per heavy atom. The standard InChI is InChI=1S/C13H21BrN2O4S/c1-19-8-9-20-7-3-2-6-16-21(17,18)11-4-5-13(15)12(14)10-11/h4-5,10,16H,2-3,6-9,15H2,1H3. The predicted molar refractivity (Wildman–Crippen MR) is 85.7 cm³/mol. The molecule has 21 heavy (non-hydrogen) atoms. The Morgan fingerprint density at radius 1 is 1.24 bits per heavy atom. The molecular formula is C13H21BrN2O4S. The van der Waals surface area contributed by atoms with E-state index in [1.807, 2.05) is 0 Å². The lowest BCUT2D eigenvalue weighted by atomic mass is 10.3. The van der Waals surface area contributed by atoms with E-state index in [1.165, 1.54) is 12.1 Å². The van der Waals surface area contributed by atoms with Crippen molar-refractivity contribution in [1.29, 1.82) is 0 Å². The van der Waals surface area contributed by atoms with Gasteiger partial charge in [-0.25, -0.2) is 13.1 Å². The van der Waals surface area contributed by atoms with Crippen LogP contribution in [0.3, 0.4) is 0 Å². The molecule has 0 aliphatic heterocycles. The van der Waals surface area contributed by atoms with Gasteiger partial charge >= 0.3 is 0 Å². The molecule has 0 unspecified atom stereocenters. The lowest BCUT2D eigenvalue weighted by molar-refractivity contribution is 0.0689. The van der Waals surface area contributed by atoms with Gasteiger partial charge in [0.1, 0.15) is 0 Å². The molecule has 0 saturated carbocycles. The summed E-state index contributed by atoms with van der Waals surface area (Å²) in [4.78, 5) is 0.194. The molecule has 0 heterocycles. The molecule has 0 saturated heterocycles. The summed E-state index contributed by atoms with van der Waals surface area (Å²) in [6.07, 6.45) is 1.50. The van der Waals surface area contributed by atoms with Crippen molar-refractivity contribution in [2.75, 3.05) is 39.2 Å². The third-order valence-electron chi connectivity index (χ3n) is 2.72. The van der Waals surface area contributed by atoms with Crippen LogP contribution in [0.4, 0.5) is 5.69 Å². The Kier molecular flexibility index (Phi) is 8.20. The van der Waals surface area contributed by atoms with E-state index in [0.717, 1.165) is 6.42 Å². The number of nitrogen functional groups attached to an aromatic ring is 1. The molecule has 0 aliphatic rings. The van der Waals surface area contributed by atoms with Gasteiger partial charge in [-0.05, 0) is 47.0 Å². The number of sulfonamides is 1. The van der Waals surface area contributed by atoms with Crippen molar-refractivity contribution in [3.05, 3.63) is 22.7 Å². The van der Waals surface area contributed by atoms with Gasteiger partial charge < -0.3 is 15.2 Å². The van der Waals surface area contributed by atoms with Gasteiger partial charge in [-0.3, -0.25) is 0 Å². The van der Waals surface area contributed by atoms with E-state index in [4.69, 9.17) is 15.2 Å².